The van der Waals surface area contributed by atoms with Gasteiger partial charge < -0.3 is 5.32 Å². The summed E-state index contributed by atoms with van der Waals surface area (Å²) in [4.78, 5) is 17.4. The first-order valence-electron chi connectivity index (χ1n) is 9.59. The Morgan fingerprint density at radius 2 is 1.76 bits per heavy atom. The lowest BCUT2D eigenvalue weighted by molar-refractivity contribution is 0.0941. The van der Waals surface area contributed by atoms with Gasteiger partial charge in [-0.25, -0.2) is 14.2 Å². The molecule has 148 valence electrons. The standard InChI is InChI=1S/C22H24N6O/c1-13-6-8-18(9-7-13)28-17(5)19(11-24-28)16(4)26-22(29)20-12-23-27-15(3)10-14(2)25-21(20)27/h6-12,16H,1-5H3,(H,26,29)/t16-/m0/s1. The van der Waals surface area contributed by atoms with Gasteiger partial charge in [0.25, 0.3) is 5.91 Å². The van der Waals surface area contributed by atoms with Gasteiger partial charge in [0.15, 0.2) is 5.65 Å². The number of nitrogens with zero attached hydrogens (tertiary/aromatic N) is 5. The molecular weight excluding hydrogens is 364 g/mol. The number of hydrogen-bond donors (Lipinski definition) is 1. The van der Waals surface area contributed by atoms with Crippen LogP contribution in [0.15, 0.2) is 42.7 Å². The van der Waals surface area contributed by atoms with Crippen molar-refractivity contribution in [1.82, 2.24) is 29.7 Å². The van der Waals surface area contributed by atoms with Crippen molar-refractivity contribution in [3.8, 4) is 5.69 Å². The SMILES string of the molecule is Cc1ccc(-n2ncc([C@H](C)NC(=O)c3cnn4c(C)cc(C)nc34)c2C)cc1. The van der Waals surface area contributed by atoms with Gasteiger partial charge in [-0.2, -0.15) is 10.2 Å². The lowest BCUT2D eigenvalue weighted by atomic mass is 10.1. The fraction of sp³-hybridized carbons (Fsp3) is 0.273. The van der Waals surface area contributed by atoms with E-state index in [0.29, 0.717) is 11.2 Å². The number of benzene rings is 1. The quantitative estimate of drug-likeness (QED) is 0.579. The molecule has 7 heteroatoms. The van der Waals surface area contributed by atoms with Gasteiger partial charge in [-0.05, 0) is 52.8 Å². The molecule has 0 bridgehead atoms. The highest BCUT2D eigenvalue weighted by atomic mass is 16.1. The van der Waals surface area contributed by atoms with E-state index in [2.05, 4.69) is 39.6 Å². The number of aromatic nitrogens is 5. The van der Waals surface area contributed by atoms with Crippen LogP contribution >= 0.6 is 0 Å². The number of carbonyl (C=O) groups is 1. The van der Waals surface area contributed by atoms with E-state index >= 15 is 0 Å². The van der Waals surface area contributed by atoms with Crippen molar-refractivity contribution >= 4 is 11.6 Å². The molecule has 0 radical (unpaired) electrons. The summed E-state index contributed by atoms with van der Waals surface area (Å²) in [5.41, 5.74) is 6.98. The number of rotatable bonds is 4. The van der Waals surface area contributed by atoms with Crippen molar-refractivity contribution in [3.05, 3.63) is 76.5 Å². The lowest BCUT2D eigenvalue weighted by Gasteiger charge is -2.14. The van der Waals surface area contributed by atoms with E-state index in [1.165, 1.54) is 5.56 Å². The molecule has 1 atom stereocenters. The smallest absolute Gasteiger partial charge is 0.257 e. The molecule has 0 spiro atoms. The van der Waals surface area contributed by atoms with Crippen molar-refractivity contribution in [1.29, 1.82) is 0 Å². The van der Waals surface area contributed by atoms with Crippen LogP contribution in [0.1, 0.15) is 51.5 Å². The number of fused-ring (bicyclic) bond motifs is 1. The summed E-state index contributed by atoms with van der Waals surface area (Å²) in [7, 11) is 0. The van der Waals surface area contributed by atoms with Gasteiger partial charge in [0.05, 0.1) is 24.1 Å². The summed E-state index contributed by atoms with van der Waals surface area (Å²) in [6.45, 7) is 9.88. The zero-order valence-corrected chi connectivity index (χ0v) is 17.3. The van der Waals surface area contributed by atoms with Gasteiger partial charge in [0.2, 0.25) is 0 Å². The Balaban J connectivity index is 1.59. The molecule has 0 aliphatic carbocycles. The lowest BCUT2D eigenvalue weighted by Crippen LogP contribution is -2.27. The molecule has 4 aromatic rings. The molecule has 0 fully saturated rings. The number of hydrogen-bond acceptors (Lipinski definition) is 4. The van der Waals surface area contributed by atoms with Crippen molar-refractivity contribution < 1.29 is 4.79 Å². The average molecular weight is 388 g/mol. The van der Waals surface area contributed by atoms with E-state index in [-0.39, 0.29) is 11.9 Å². The second kappa shape index (κ2) is 7.16. The minimum Gasteiger partial charge on any atom is -0.345 e. The third-order valence-corrected chi connectivity index (χ3v) is 5.16. The van der Waals surface area contributed by atoms with Crippen molar-refractivity contribution in [2.45, 2.75) is 40.7 Å². The number of nitrogens with one attached hydrogen (secondary N) is 1. The Labute approximate surface area is 169 Å². The van der Waals surface area contributed by atoms with Crippen LogP contribution < -0.4 is 5.32 Å². The summed E-state index contributed by atoms with van der Waals surface area (Å²) in [5.74, 6) is -0.201. The summed E-state index contributed by atoms with van der Waals surface area (Å²) in [5, 5.41) is 11.9. The topological polar surface area (TPSA) is 77.1 Å². The molecule has 0 unspecified atom stereocenters. The van der Waals surface area contributed by atoms with E-state index in [1.807, 2.05) is 56.8 Å². The minimum atomic E-state index is -0.206. The predicted octanol–water partition coefficient (Wildman–Crippen LogP) is 3.64. The van der Waals surface area contributed by atoms with Crippen LogP contribution in [0.3, 0.4) is 0 Å². The Kier molecular flexibility index (Phi) is 4.66. The van der Waals surface area contributed by atoms with Crippen LogP contribution in [0.4, 0.5) is 0 Å². The average Bonchev–Trinajstić information content (AvgIpc) is 3.26. The Morgan fingerprint density at radius 3 is 2.48 bits per heavy atom. The second-order valence-electron chi connectivity index (χ2n) is 7.46. The molecule has 0 aliphatic heterocycles. The molecule has 29 heavy (non-hydrogen) atoms. The summed E-state index contributed by atoms with van der Waals surface area (Å²) in [6, 6.07) is 9.93. The number of aryl methyl sites for hydroxylation is 3. The first-order chi connectivity index (χ1) is 13.8. The third kappa shape index (κ3) is 3.40. The van der Waals surface area contributed by atoms with Crippen LogP contribution in [0.5, 0.6) is 0 Å². The second-order valence-corrected chi connectivity index (χ2v) is 7.46. The fourth-order valence-corrected chi connectivity index (χ4v) is 3.58. The van der Waals surface area contributed by atoms with Crippen LogP contribution in [-0.2, 0) is 0 Å². The van der Waals surface area contributed by atoms with Crippen molar-refractivity contribution in [2.75, 3.05) is 0 Å². The van der Waals surface area contributed by atoms with Gasteiger partial charge in [-0.1, -0.05) is 17.7 Å². The molecule has 4 rings (SSSR count). The Hall–Kier alpha value is -3.48. The highest BCUT2D eigenvalue weighted by molar-refractivity contribution is 5.99. The van der Waals surface area contributed by atoms with Gasteiger partial charge in [0, 0.05) is 22.6 Å². The minimum absolute atomic E-state index is 0.201. The van der Waals surface area contributed by atoms with E-state index < -0.39 is 0 Å². The molecule has 1 aromatic carbocycles. The van der Waals surface area contributed by atoms with Crippen molar-refractivity contribution in [2.24, 2.45) is 0 Å². The van der Waals surface area contributed by atoms with Crippen LogP contribution in [0, 0.1) is 27.7 Å². The highest BCUT2D eigenvalue weighted by Gasteiger charge is 2.20. The molecule has 3 heterocycles. The predicted molar refractivity (Wildman–Crippen MR) is 111 cm³/mol. The zero-order chi connectivity index (χ0) is 20.7. The summed E-state index contributed by atoms with van der Waals surface area (Å²) >= 11 is 0. The number of amides is 1. The normalized spacial score (nSPS) is 12.3. The molecule has 0 saturated heterocycles. The zero-order valence-electron chi connectivity index (χ0n) is 17.3. The van der Waals surface area contributed by atoms with E-state index in [1.54, 1.807) is 10.7 Å². The monoisotopic (exact) mass is 388 g/mol. The first kappa shape index (κ1) is 18.9. The number of carbonyl (C=O) groups excluding carboxylic acids is 1. The molecule has 7 nitrogen and oxygen atoms in total. The van der Waals surface area contributed by atoms with Gasteiger partial charge in [-0.3, -0.25) is 4.79 Å². The van der Waals surface area contributed by atoms with Gasteiger partial charge >= 0.3 is 0 Å². The molecule has 3 aromatic heterocycles. The highest BCUT2D eigenvalue weighted by Crippen LogP contribution is 2.21. The van der Waals surface area contributed by atoms with Gasteiger partial charge in [0.1, 0.15) is 5.56 Å². The molecule has 1 N–H and O–H groups in total. The Morgan fingerprint density at radius 1 is 1.03 bits per heavy atom. The van der Waals surface area contributed by atoms with Gasteiger partial charge in [-0.15, -0.1) is 0 Å². The molecule has 1 amide bonds. The van der Waals surface area contributed by atoms with Crippen LogP contribution in [-0.4, -0.2) is 30.3 Å². The summed E-state index contributed by atoms with van der Waals surface area (Å²) < 4.78 is 3.58. The van der Waals surface area contributed by atoms with Crippen LogP contribution in [0.25, 0.3) is 11.3 Å². The Bertz CT molecular complexity index is 1200. The van der Waals surface area contributed by atoms with E-state index in [4.69, 9.17) is 0 Å². The molecular formula is C22H24N6O. The fourth-order valence-electron chi connectivity index (χ4n) is 3.58. The molecule has 0 saturated carbocycles. The maximum atomic E-state index is 12.9. The summed E-state index contributed by atoms with van der Waals surface area (Å²) in [6.07, 6.45) is 3.38. The molecule has 0 aliphatic rings. The van der Waals surface area contributed by atoms with Crippen molar-refractivity contribution in [3.63, 3.8) is 0 Å². The van der Waals surface area contributed by atoms with Crippen LogP contribution in [0.2, 0.25) is 0 Å². The van der Waals surface area contributed by atoms with E-state index in [9.17, 15) is 4.79 Å². The maximum Gasteiger partial charge on any atom is 0.257 e. The van der Waals surface area contributed by atoms with E-state index in [0.717, 1.165) is 28.3 Å². The maximum absolute atomic E-state index is 12.9. The first-order valence-corrected chi connectivity index (χ1v) is 9.59. The largest absolute Gasteiger partial charge is 0.345 e. The third-order valence-electron chi connectivity index (χ3n) is 5.16.